The first-order chi connectivity index (χ1) is 10.6. The minimum Gasteiger partial charge on any atom is -0.481 e. The number of thioether (sulfide) groups is 1. The fourth-order valence-corrected chi connectivity index (χ4v) is 2.61. The van der Waals surface area contributed by atoms with E-state index < -0.39 is 11.9 Å². The Kier molecular flexibility index (Phi) is 5.48. The molecule has 0 aliphatic heterocycles. The maximum absolute atomic E-state index is 11.1. The van der Waals surface area contributed by atoms with Crippen LogP contribution in [-0.2, 0) is 16.1 Å². The predicted molar refractivity (Wildman–Crippen MR) is 79.2 cm³/mol. The Labute approximate surface area is 130 Å². The van der Waals surface area contributed by atoms with Gasteiger partial charge in [-0.05, 0) is 16.0 Å². The Hall–Kier alpha value is -2.42. The fraction of sp³-hybridized carbons (Fsp3) is 0.308. The van der Waals surface area contributed by atoms with E-state index in [9.17, 15) is 9.59 Å². The average molecular weight is 321 g/mol. The molecule has 0 aliphatic rings. The molecule has 116 valence electrons. The van der Waals surface area contributed by atoms with E-state index in [1.807, 2.05) is 30.3 Å². The van der Waals surface area contributed by atoms with Gasteiger partial charge in [0.2, 0.25) is 11.1 Å². The van der Waals surface area contributed by atoms with Crippen LogP contribution in [0.2, 0.25) is 0 Å². The third-order valence-corrected chi connectivity index (χ3v) is 3.91. The van der Waals surface area contributed by atoms with Gasteiger partial charge in [0.1, 0.15) is 0 Å². The molecular formula is C13H15N5O3S. The van der Waals surface area contributed by atoms with Crippen LogP contribution in [0, 0.1) is 0 Å². The summed E-state index contributed by atoms with van der Waals surface area (Å²) in [6.45, 7) is 0.310. The molecule has 1 atom stereocenters. The molecule has 2 rings (SSSR count). The molecule has 1 heterocycles. The molecule has 0 saturated carbocycles. The number of carboxylic acid groups (broad SMARTS) is 1. The number of tetrazole rings is 1. The third kappa shape index (κ3) is 4.55. The zero-order valence-electron chi connectivity index (χ0n) is 11.6. The van der Waals surface area contributed by atoms with Crippen LogP contribution in [0.4, 0.5) is 0 Å². The first kappa shape index (κ1) is 16.0. The van der Waals surface area contributed by atoms with Crippen LogP contribution in [-0.4, -0.2) is 42.9 Å². The second kappa shape index (κ2) is 7.55. The van der Waals surface area contributed by atoms with Gasteiger partial charge < -0.3 is 10.8 Å². The number of nitrogens with zero attached hydrogens (tertiary/aromatic N) is 4. The van der Waals surface area contributed by atoms with Gasteiger partial charge in [-0.1, -0.05) is 42.1 Å². The number of hydrogen-bond donors (Lipinski definition) is 2. The summed E-state index contributed by atoms with van der Waals surface area (Å²) in [5.41, 5.74) is 6.00. The monoisotopic (exact) mass is 321 g/mol. The van der Waals surface area contributed by atoms with Gasteiger partial charge in [0.25, 0.3) is 0 Å². The number of aliphatic carboxylic acids is 1. The summed E-state index contributed by atoms with van der Waals surface area (Å²) >= 11 is 1.12. The van der Waals surface area contributed by atoms with Crippen molar-refractivity contribution in [2.45, 2.75) is 24.0 Å². The number of carbonyl (C=O) groups is 2. The molecule has 0 saturated heterocycles. The number of primary amides is 1. The maximum atomic E-state index is 11.1. The third-order valence-electron chi connectivity index (χ3n) is 2.93. The van der Waals surface area contributed by atoms with Crippen LogP contribution in [0.1, 0.15) is 17.9 Å². The molecule has 0 radical (unpaired) electrons. The van der Waals surface area contributed by atoms with Gasteiger partial charge in [0, 0.05) is 5.92 Å². The van der Waals surface area contributed by atoms with E-state index in [2.05, 4.69) is 15.5 Å². The standard InChI is InChI=1S/C13H15N5O3S/c14-11(19)8-22-13-15-16-17-18(13)7-10(6-12(20)21)9-4-2-1-3-5-9/h1-5,10H,6-8H2,(H2,14,19)(H,20,21)/t10-/m1/s1. The SMILES string of the molecule is NC(=O)CSc1nnnn1C[C@@H](CC(=O)O)c1ccccc1. The van der Waals surface area contributed by atoms with Gasteiger partial charge in [0.15, 0.2) is 0 Å². The Morgan fingerprint density at radius 3 is 2.68 bits per heavy atom. The lowest BCUT2D eigenvalue weighted by atomic mass is 9.96. The van der Waals surface area contributed by atoms with E-state index in [0.717, 1.165) is 17.3 Å². The second-order valence-corrected chi connectivity index (χ2v) is 5.55. The van der Waals surface area contributed by atoms with Gasteiger partial charge in [-0.15, -0.1) is 5.10 Å². The highest BCUT2D eigenvalue weighted by atomic mass is 32.2. The summed E-state index contributed by atoms with van der Waals surface area (Å²) in [5, 5.41) is 20.8. The van der Waals surface area contributed by atoms with Crippen LogP contribution in [0.5, 0.6) is 0 Å². The first-order valence-corrected chi connectivity index (χ1v) is 7.49. The van der Waals surface area contributed by atoms with Crippen molar-refractivity contribution in [1.29, 1.82) is 0 Å². The van der Waals surface area contributed by atoms with Crippen LogP contribution < -0.4 is 5.73 Å². The van der Waals surface area contributed by atoms with Crippen molar-refractivity contribution in [3.05, 3.63) is 35.9 Å². The summed E-state index contributed by atoms with van der Waals surface area (Å²) in [7, 11) is 0. The van der Waals surface area contributed by atoms with Crippen molar-refractivity contribution < 1.29 is 14.7 Å². The Morgan fingerprint density at radius 2 is 2.05 bits per heavy atom. The highest BCUT2D eigenvalue weighted by Gasteiger charge is 2.19. The molecule has 1 aromatic heterocycles. The fourth-order valence-electron chi connectivity index (χ4n) is 1.98. The highest BCUT2D eigenvalue weighted by Crippen LogP contribution is 2.23. The van der Waals surface area contributed by atoms with Gasteiger partial charge in [0.05, 0.1) is 18.7 Å². The number of carbonyl (C=O) groups excluding carboxylic acids is 1. The molecular weight excluding hydrogens is 306 g/mol. The summed E-state index contributed by atoms with van der Waals surface area (Å²) in [6, 6.07) is 9.31. The number of benzene rings is 1. The molecule has 9 heteroatoms. The van der Waals surface area contributed by atoms with Crippen molar-refractivity contribution in [2.75, 3.05) is 5.75 Å². The average Bonchev–Trinajstić information content (AvgIpc) is 2.92. The predicted octanol–water partition coefficient (Wildman–Crippen LogP) is 0.509. The number of carboxylic acids is 1. The minimum absolute atomic E-state index is 0.0379. The number of aromatic nitrogens is 4. The van der Waals surface area contributed by atoms with E-state index in [0.29, 0.717) is 11.7 Å². The van der Waals surface area contributed by atoms with Gasteiger partial charge in [-0.25, -0.2) is 4.68 Å². The van der Waals surface area contributed by atoms with E-state index in [4.69, 9.17) is 10.8 Å². The smallest absolute Gasteiger partial charge is 0.304 e. The summed E-state index contributed by atoms with van der Waals surface area (Å²) < 4.78 is 1.49. The number of amides is 1. The number of rotatable bonds is 8. The number of nitrogens with two attached hydrogens (primary N) is 1. The zero-order chi connectivity index (χ0) is 15.9. The molecule has 0 bridgehead atoms. The normalized spacial score (nSPS) is 12.0. The van der Waals surface area contributed by atoms with Gasteiger partial charge in [-0.3, -0.25) is 9.59 Å². The van der Waals surface area contributed by atoms with Crippen molar-refractivity contribution in [3.8, 4) is 0 Å². The number of hydrogen-bond acceptors (Lipinski definition) is 6. The second-order valence-electron chi connectivity index (χ2n) is 4.60. The van der Waals surface area contributed by atoms with Crippen molar-refractivity contribution >= 4 is 23.6 Å². The largest absolute Gasteiger partial charge is 0.481 e. The van der Waals surface area contributed by atoms with Crippen molar-refractivity contribution in [2.24, 2.45) is 5.73 Å². The van der Waals surface area contributed by atoms with Crippen LogP contribution in [0.25, 0.3) is 0 Å². The Bertz CT molecular complexity index is 646. The lowest BCUT2D eigenvalue weighted by Crippen LogP contribution is -2.17. The van der Waals surface area contributed by atoms with Crippen LogP contribution in [0.3, 0.4) is 0 Å². The van der Waals surface area contributed by atoms with E-state index in [-0.39, 0.29) is 18.1 Å². The molecule has 3 N–H and O–H groups in total. The van der Waals surface area contributed by atoms with Crippen LogP contribution >= 0.6 is 11.8 Å². The summed E-state index contributed by atoms with van der Waals surface area (Å²) in [6.07, 6.45) is -0.0379. The zero-order valence-corrected chi connectivity index (χ0v) is 12.4. The molecule has 0 aliphatic carbocycles. The molecule has 22 heavy (non-hydrogen) atoms. The summed E-state index contributed by atoms with van der Waals surface area (Å²) in [4.78, 5) is 21.9. The van der Waals surface area contributed by atoms with Crippen LogP contribution in [0.15, 0.2) is 35.5 Å². The quantitative estimate of drug-likeness (QED) is 0.679. The van der Waals surface area contributed by atoms with E-state index in [1.54, 1.807) is 0 Å². The molecule has 8 nitrogen and oxygen atoms in total. The Morgan fingerprint density at radius 1 is 1.32 bits per heavy atom. The van der Waals surface area contributed by atoms with Crippen molar-refractivity contribution in [3.63, 3.8) is 0 Å². The summed E-state index contributed by atoms with van der Waals surface area (Å²) in [5.74, 6) is -1.57. The molecule has 0 fully saturated rings. The van der Waals surface area contributed by atoms with Crippen molar-refractivity contribution in [1.82, 2.24) is 20.2 Å². The Balaban J connectivity index is 2.15. The first-order valence-electron chi connectivity index (χ1n) is 6.50. The molecule has 1 aromatic carbocycles. The molecule has 0 spiro atoms. The molecule has 0 unspecified atom stereocenters. The topological polar surface area (TPSA) is 124 Å². The van der Waals surface area contributed by atoms with Gasteiger partial charge in [-0.2, -0.15) is 0 Å². The van der Waals surface area contributed by atoms with E-state index >= 15 is 0 Å². The van der Waals surface area contributed by atoms with E-state index in [1.165, 1.54) is 4.68 Å². The maximum Gasteiger partial charge on any atom is 0.304 e. The minimum atomic E-state index is -0.895. The van der Waals surface area contributed by atoms with Gasteiger partial charge >= 0.3 is 5.97 Å². The lowest BCUT2D eigenvalue weighted by Gasteiger charge is -2.15. The molecule has 1 amide bonds. The molecule has 2 aromatic rings. The lowest BCUT2D eigenvalue weighted by molar-refractivity contribution is -0.137. The highest BCUT2D eigenvalue weighted by molar-refractivity contribution is 7.99.